The summed E-state index contributed by atoms with van der Waals surface area (Å²) in [6.45, 7) is 5.53. The molecule has 2 heterocycles. The number of halogens is 1. The number of hydrogen-bond donors (Lipinski definition) is 1. The molecule has 1 aliphatic rings. The van der Waals surface area contributed by atoms with Crippen LogP contribution in [0.15, 0.2) is 6.07 Å². The predicted molar refractivity (Wildman–Crippen MR) is 64.0 cm³/mol. The van der Waals surface area contributed by atoms with Crippen LogP contribution < -0.4 is 4.90 Å². The first-order chi connectivity index (χ1) is 7.56. The Hall–Kier alpha value is -0.870. The zero-order valence-electron chi connectivity index (χ0n) is 9.52. The van der Waals surface area contributed by atoms with Crippen LogP contribution in [-0.4, -0.2) is 34.3 Å². The Labute approximate surface area is 100 Å². The molecule has 16 heavy (non-hydrogen) atoms. The molecule has 0 radical (unpaired) electrons. The molecule has 5 heteroatoms. The molecule has 0 bridgehead atoms. The molecule has 0 aromatic carbocycles. The molecule has 1 N–H and O–H groups in total. The fourth-order valence-corrected chi connectivity index (χ4v) is 1.98. The van der Waals surface area contributed by atoms with Crippen LogP contribution in [0.2, 0.25) is 5.15 Å². The topological polar surface area (TPSA) is 49.2 Å². The van der Waals surface area contributed by atoms with Crippen LogP contribution >= 0.6 is 11.6 Å². The maximum atomic E-state index is 9.49. The van der Waals surface area contributed by atoms with Crippen molar-refractivity contribution < 1.29 is 5.11 Å². The number of aliphatic hydroxyl groups is 1. The molecule has 2 rings (SSSR count). The molecular formula is C11H16ClN3O. The van der Waals surface area contributed by atoms with Gasteiger partial charge in [-0.3, -0.25) is 0 Å². The first-order valence-electron chi connectivity index (χ1n) is 5.53. The summed E-state index contributed by atoms with van der Waals surface area (Å²) in [7, 11) is 0. The van der Waals surface area contributed by atoms with E-state index in [4.69, 9.17) is 11.6 Å². The van der Waals surface area contributed by atoms with E-state index in [0.29, 0.717) is 11.7 Å². The summed E-state index contributed by atoms with van der Waals surface area (Å²) in [5.74, 6) is 1.83. The van der Waals surface area contributed by atoms with Gasteiger partial charge in [0.25, 0.3) is 0 Å². The number of aliphatic hydroxyl groups excluding tert-OH is 1. The van der Waals surface area contributed by atoms with E-state index >= 15 is 0 Å². The van der Waals surface area contributed by atoms with E-state index in [-0.39, 0.29) is 12.0 Å². The molecule has 1 atom stereocenters. The average Bonchev–Trinajstić information content (AvgIpc) is 2.64. The highest BCUT2D eigenvalue weighted by Crippen LogP contribution is 2.23. The molecule has 1 aromatic heterocycles. The van der Waals surface area contributed by atoms with Gasteiger partial charge in [-0.05, 0) is 6.42 Å². The van der Waals surface area contributed by atoms with Crippen molar-refractivity contribution in [3.63, 3.8) is 0 Å². The van der Waals surface area contributed by atoms with Gasteiger partial charge in [0.05, 0.1) is 6.10 Å². The van der Waals surface area contributed by atoms with Gasteiger partial charge in [0.2, 0.25) is 0 Å². The highest BCUT2D eigenvalue weighted by molar-refractivity contribution is 6.29. The molecule has 4 nitrogen and oxygen atoms in total. The maximum Gasteiger partial charge on any atom is 0.135 e. The van der Waals surface area contributed by atoms with Gasteiger partial charge in [0.15, 0.2) is 0 Å². The van der Waals surface area contributed by atoms with Gasteiger partial charge in [-0.1, -0.05) is 25.4 Å². The summed E-state index contributed by atoms with van der Waals surface area (Å²) in [5.41, 5.74) is 0. The van der Waals surface area contributed by atoms with Gasteiger partial charge >= 0.3 is 0 Å². The Kier molecular flexibility index (Phi) is 3.30. The molecule has 1 aliphatic heterocycles. The second-order valence-electron chi connectivity index (χ2n) is 4.45. The van der Waals surface area contributed by atoms with Crippen LogP contribution in [-0.2, 0) is 0 Å². The van der Waals surface area contributed by atoms with E-state index in [9.17, 15) is 5.11 Å². The number of nitrogens with zero attached hydrogens (tertiary/aromatic N) is 3. The molecule has 0 aliphatic carbocycles. The van der Waals surface area contributed by atoms with E-state index in [1.54, 1.807) is 6.07 Å². The third-order valence-corrected chi connectivity index (χ3v) is 2.90. The Morgan fingerprint density at radius 3 is 2.81 bits per heavy atom. The molecule has 1 unspecified atom stereocenters. The highest BCUT2D eigenvalue weighted by atomic mass is 35.5. The first-order valence-corrected chi connectivity index (χ1v) is 5.91. The fourth-order valence-electron chi connectivity index (χ4n) is 1.79. The minimum atomic E-state index is -0.253. The number of anilines is 1. The highest BCUT2D eigenvalue weighted by Gasteiger charge is 2.22. The van der Waals surface area contributed by atoms with E-state index in [2.05, 4.69) is 9.97 Å². The number of β-amino-alcohol motifs (C(OH)–C–C–N with tert-alkyl or cyclic N) is 1. The van der Waals surface area contributed by atoms with E-state index < -0.39 is 0 Å². The summed E-state index contributed by atoms with van der Waals surface area (Å²) in [4.78, 5) is 10.7. The van der Waals surface area contributed by atoms with Crippen molar-refractivity contribution in [2.24, 2.45) is 0 Å². The lowest BCUT2D eigenvalue weighted by atomic mass is 10.2. The van der Waals surface area contributed by atoms with Crippen LogP contribution in [0.25, 0.3) is 0 Å². The normalized spacial score (nSPS) is 20.8. The summed E-state index contributed by atoms with van der Waals surface area (Å²) in [5, 5.41) is 9.96. The van der Waals surface area contributed by atoms with Gasteiger partial charge in [-0.15, -0.1) is 0 Å². The van der Waals surface area contributed by atoms with Gasteiger partial charge in [-0.2, -0.15) is 0 Å². The van der Waals surface area contributed by atoms with E-state index in [1.807, 2.05) is 18.7 Å². The first kappa shape index (κ1) is 11.6. The van der Waals surface area contributed by atoms with Crippen molar-refractivity contribution in [3.05, 3.63) is 17.0 Å². The van der Waals surface area contributed by atoms with Gasteiger partial charge < -0.3 is 10.0 Å². The van der Waals surface area contributed by atoms with Crippen LogP contribution in [0.4, 0.5) is 5.82 Å². The summed E-state index contributed by atoms with van der Waals surface area (Å²) >= 11 is 5.97. The molecule has 0 saturated carbocycles. The molecule has 1 saturated heterocycles. The van der Waals surface area contributed by atoms with Crippen molar-refractivity contribution in [1.82, 2.24) is 9.97 Å². The Bertz CT molecular complexity index is 383. The summed E-state index contributed by atoms with van der Waals surface area (Å²) < 4.78 is 0. The molecule has 0 spiro atoms. The Morgan fingerprint density at radius 1 is 1.50 bits per heavy atom. The zero-order valence-corrected chi connectivity index (χ0v) is 10.3. The van der Waals surface area contributed by atoms with E-state index in [1.165, 1.54) is 0 Å². The summed E-state index contributed by atoms with van der Waals surface area (Å²) in [6, 6.07) is 1.76. The lowest BCUT2D eigenvalue weighted by Gasteiger charge is -2.18. The van der Waals surface area contributed by atoms with E-state index in [0.717, 1.165) is 24.6 Å². The fraction of sp³-hybridized carbons (Fsp3) is 0.636. The second-order valence-corrected chi connectivity index (χ2v) is 4.84. The molecule has 88 valence electrons. The van der Waals surface area contributed by atoms with Crippen LogP contribution in [0.3, 0.4) is 0 Å². The van der Waals surface area contributed by atoms with Crippen molar-refractivity contribution in [2.75, 3.05) is 18.0 Å². The van der Waals surface area contributed by atoms with Gasteiger partial charge in [0.1, 0.15) is 16.8 Å². The molecular weight excluding hydrogens is 226 g/mol. The van der Waals surface area contributed by atoms with Crippen LogP contribution in [0.5, 0.6) is 0 Å². The number of hydrogen-bond acceptors (Lipinski definition) is 4. The van der Waals surface area contributed by atoms with Crippen molar-refractivity contribution in [3.8, 4) is 0 Å². The number of rotatable bonds is 2. The monoisotopic (exact) mass is 241 g/mol. The smallest absolute Gasteiger partial charge is 0.135 e. The van der Waals surface area contributed by atoms with Crippen LogP contribution in [0, 0.1) is 0 Å². The van der Waals surface area contributed by atoms with Crippen molar-refractivity contribution >= 4 is 17.4 Å². The molecule has 0 amide bonds. The SMILES string of the molecule is CC(C)c1nc(Cl)cc(N2CCC(O)C2)n1. The number of aromatic nitrogens is 2. The maximum absolute atomic E-state index is 9.49. The predicted octanol–water partition coefficient (Wildman–Crippen LogP) is 1.82. The summed E-state index contributed by atoms with van der Waals surface area (Å²) in [6.07, 6.45) is 0.537. The second kappa shape index (κ2) is 4.55. The van der Waals surface area contributed by atoms with Gasteiger partial charge in [0, 0.05) is 25.1 Å². The minimum Gasteiger partial charge on any atom is -0.391 e. The lowest BCUT2D eigenvalue weighted by molar-refractivity contribution is 0.198. The van der Waals surface area contributed by atoms with Crippen molar-refractivity contribution in [1.29, 1.82) is 0 Å². The lowest BCUT2D eigenvalue weighted by Crippen LogP contribution is -2.23. The molecule has 1 aromatic rings. The van der Waals surface area contributed by atoms with Crippen LogP contribution in [0.1, 0.15) is 32.0 Å². The zero-order chi connectivity index (χ0) is 11.7. The molecule has 1 fully saturated rings. The minimum absolute atomic E-state index is 0.253. The standard InChI is InChI=1S/C11H16ClN3O/c1-7(2)11-13-9(12)5-10(14-11)15-4-3-8(16)6-15/h5,7-8,16H,3-4,6H2,1-2H3. The quantitative estimate of drug-likeness (QED) is 0.803. The van der Waals surface area contributed by atoms with Crippen molar-refractivity contribution in [2.45, 2.75) is 32.3 Å². The van der Waals surface area contributed by atoms with Gasteiger partial charge in [-0.25, -0.2) is 9.97 Å². The third-order valence-electron chi connectivity index (χ3n) is 2.70. The largest absolute Gasteiger partial charge is 0.391 e. The third kappa shape index (κ3) is 2.44. The average molecular weight is 242 g/mol. The Balaban J connectivity index is 2.27. The Morgan fingerprint density at radius 2 is 2.25 bits per heavy atom.